The van der Waals surface area contributed by atoms with Gasteiger partial charge < -0.3 is 9.67 Å². The van der Waals surface area contributed by atoms with Gasteiger partial charge in [-0.15, -0.1) is 0 Å². The lowest BCUT2D eigenvalue weighted by atomic mass is 9.86. The van der Waals surface area contributed by atoms with Gasteiger partial charge in [-0.2, -0.15) is 0 Å². The van der Waals surface area contributed by atoms with E-state index in [1.165, 1.54) is 29.5 Å². The summed E-state index contributed by atoms with van der Waals surface area (Å²) in [6.45, 7) is 1.45. The van der Waals surface area contributed by atoms with Gasteiger partial charge in [0.05, 0.1) is 36.1 Å². The highest BCUT2D eigenvalue weighted by molar-refractivity contribution is 6.31. The first-order chi connectivity index (χ1) is 14.3. The average Bonchev–Trinajstić information content (AvgIpc) is 3.20. The second-order valence-electron chi connectivity index (χ2n) is 7.08. The number of aromatic nitrogens is 4. The van der Waals surface area contributed by atoms with Crippen molar-refractivity contribution in [2.45, 2.75) is 25.1 Å². The van der Waals surface area contributed by atoms with Crippen molar-refractivity contribution < 1.29 is 13.9 Å². The summed E-state index contributed by atoms with van der Waals surface area (Å²) in [5.41, 5.74) is -2.07. The van der Waals surface area contributed by atoms with Crippen molar-refractivity contribution in [1.82, 2.24) is 19.1 Å². The molecule has 2 atom stereocenters. The molecule has 30 heavy (non-hydrogen) atoms. The third-order valence-corrected chi connectivity index (χ3v) is 5.47. The van der Waals surface area contributed by atoms with Crippen LogP contribution in [0.1, 0.15) is 18.5 Å². The van der Waals surface area contributed by atoms with Crippen LogP contribution in [-0.2, 0) is 12.1 Å². The molecule has 0 spiro atoms. The van der Waals surface area contributed by atoms with E-state index in [0.717, 1.165) is 6.07 Å². The Balaban J connectivity index is 1.88. The maximum atomic E-state index is 14.7. The topological polar surface area (TPSA) is 72.9 Å². The molecule has 6 nitrogen and oxygen atoms in total. The van der Waals surface area contributed by atoms with Crippen molar-refractivity contribution in [1.29, 1.82) is 0 Å². The lowest BCUT2D eigenvalue weighted by molar-refractivity contribution is -0.0315. The molecule has 0 radical (unpaired) electrons. The van der Waals surface area contributed by atoms with E-state index < -0.39 is 28.8 Å². The van der Waals surface area contributed by atoms with E-state index in [1.807, 2.05) is 0 Å². The number of benzene rings is 2. The van der Waals surface area contributed by atoms with Gasteiger partial charge in [-0.05, 0) is 31.2 Å². The summed E-state index contributed by atoms with van der Waals surface area (Å²) in [7, 11) is 0. The maximum absolute atomic E-state index is 14.7. The van der Waals surface area contributed by atoms with Gasteiger partial charge in [0.25, 0.3) is 5.56 Å². The summed E-state index contributed by atoms with van der Waals surface area (Å²) in [6, 6.07) is 6.66. The third-order valence-electron chi connectivity index (χ3n) is 5.23. The molecule has 2 aromatic carbocycles. The van der Waals surface area contributed by atoms with Gasteiger partial charge in [-0.1, -0.05) is 17.7 Å². The fourth-order valence-electron chi connectivity index (χ4n) is 3.56. The monoisotopic (exact) mass is 430 g/mol. The van der Waals surface area contributed by atoms with Gasteiger partial charge in [-0.25, -0.2) is 18.7 Å². The van der Waals surface area contributed by atoms with Gasteiger partial charge in [0.2, 0.25) is 0 Å². The predicted octanol–water partition coefficient (Wildman–Crippen LogP) is 3.67. The van der Waals surface area contributed by atoms with Gasteiger partial charge in [-0.3, -0.25) is 9.36 Å². The molecule has 0 saturated carbocycles. The van der Waals surface area contributed by atoms with E-state index in [0.29, 0.717) is 22.0 Å². The quantitative estimate of drug-likeness (QED) is 0.524. The van der Waals surface area contributed by atoms with Crippen LogP contribution in [0.2, 0.25) is 5.02 Å². The standard InChI is InChI=1S/C21H17ClF2N4O2/c1-13(28-12-26-19-8-14(22)2-4-16(19)20(28)29)21(30,10-27-7-6-25-11-27)17-5-3-15(23)9-18(17)24/h2-9,11-13,30H,10H2,1H3/t13-,21-/m1/s1. The zero-order valence-corrected chi connectivity index (χ0v) is 16.6. The second-order valence-corrected chi connectivity index (χ2v) is 7.51. The zero-order valence-electron chi connectivity index (χ0n) is 15.8. The Hall–Kier alpha value is -3.10. The normalized spacial score (nSPS) is 14.6. The van der Waals surface area contributed by atoms with E-state index in [1.54, 1.807) is 35.9 Å². The highest BCUT2D eigenvalue weighted by atomic mass is 35.5. The van der Waals surface area contributed by atoms with Crippen LogP contribution in [0.25, 0.3) is 10.9 Å². The summed E-state index contributed by atoms with van der Waals surface area (Å²) in [4.78, 5) is 21.3. The molecule has 0 amide bonds. The highest BCUT2D eigenvalue weighted by Gasteiger charge is 2.40. The number of hydrogen-bond donors (Lipinski definition) is 1. The van der Waals surface area contributed by atoms with Gasteiger partial charge in [0, 0.05) is 29.0 Å². The molecule has 2 aromatic heterocycles. The van der Waals surface area contributed by atoms with Crippen molar-refractivity contribution in [2.24, 2.45) is 0 Å². The molecule has 0 saturated heterocycles. The van der Waals surface area contributed by atoms with E-state index in [2.05, 4.69) is 9.97 Å². The summed E-state index contributed by atoms with van der Waals surface area (Å²) in [6.07, 6.45) is 5.86. The minimum atomic E-state index is -1.91. The molecule has 0 aliphatic rings. The molecular formula is C21H17ClF2N4O2. The van der Waals surface area contributed by atoms with Crippen LogP contribution in [0.15, 0.2) is 66.2 Å². The van der Waals surface area contributed by atoms with Crippen molar-refractivity contribution >= 4 is 22.5 Å². The number of nitrogens with zero attached hydrogens (tertiary/aromatic N) is 4. The molecule has 0 fully saturated rings. The molecule has 0 unspecified atom stereocenters. The van der Waals surface area contributed by atoms with Crippen LogP contribution >= 0.6 is 11.6 Å². The average molecular weight is 431 g/mol. The Morgan fingerprint density at radius 3 is 2.70 bits per heavy atom. The van der Waals surface area contributed by atoms with Gasteiger partial charge >= 0.3 is 0 Å². The first-order valence-corrected chi connectivity index (χ1v) is 9.47. The number of rotatable bonds is 5. The SMILES string of the molecule is C[C@@H](n1cnc2cc(Cl)ccc2c1=O)[C@](O)(Cn1ccnc1)c1ccc(F)cc1F. The molecule has 9 heteroatoms. The van der Waals surface area contributed by atoms with Crippen molar-refractivity contribution in [2.75, 3.05) is 0 Å². The third kappa shape index (κ3) is 3.48. The minimum absolute atomic E-state index is 0.123. The summed E-state index contributed by atoms with van der Waals surface area (Å²) in [5, 5.41) is 12.4. The number of fused-ring (bicyclic) bond motifs is 1. The lowest BCUT2D eigenvalue weighted by Gasteiger charge is -2.36. The summed E-state index contributed by atoms with van der Waals surface area (Å²) >= 11 is 5.97. The van der Waals surface area contributed by atoms with Gasteiger partial charge in [0.1, 0.15) is 17.2 Å². The van der Waals surface area contributed by atoms with Crippen LogP contribution in [0, 0.1) is 11.6 Å². The number of imidazole rings is 1. The first kappa shape index (κ1) is 20.2. The van der Waals surface area contributed by atoms with Gasteiger partial charge in [0.15, 0.2) is 0 Å². The molecule has 0 bridgehead atoms. The smallest absolute Gasteiger partial charge is 0.261 e. The van der Waals surface area contributed by atoms with E-state index in [9.17, 15) is 18.7 Å². The maximum Gasteiger partial charge on any atom is 0.261 e. The molecule has 0 aliphatic carbocycles. The Morgan fingerprint density at radius 1 is 1.20 bits per heavy atom. The first-order valence-electron chi connectivity index (χ1n) is 9.09. The fourth-order valence-corrected chi connectivity index (χ4v) is 3.72. The number of aliphatic hydroxyl groups is 1. The molecule has 4 aromatic rings. The molecule has 2 heterocycles. The highest BCUT2D eigenvalue weighted by Crippen LogP contribution is 2.36. The van der Waals surface area contributed by atoms with Crippen LogP contribution in [0.3, 0.4) is 0 Å². The molecule has 0 aliphatic heterocycles. The van der Waals surface area contributed by atoms with E-state index in [4.69, 9.17) is 11.6 Å². The van der Waals surface area contributed by atoms with Crippen LogP contribution in [0.4, 0.5) is 8.78 Å². The zero-order chi connectivity index (χ0) is 21.5. The van der Waals surface area contributed by atoms with Crippen molar-refractivity contribution in [3.63, 3.8) is 0 Å². The van der Waals surface area contributed by atoms with E-state index in [-0.39, 0.29) is 12.1 Å². The molecule has 154 valence electrons. The molecule has 4 rings (SSSR count). The summed E-state index contributed by atoms with van der Waals surface area (Å²) in [5.74, 6) is -1.69. The minimum Gasteiger partial charge on any atom is -0.381 e. The fraction of sp³-hybridized carbons (Fsp3) is 0.190. The second kappa shape index (κ2) is 7.62. The van der Waals surface area contributed by atoms with Crippen LogP contribution in [-0.4, -0.2) is 24.2 Å². The Kier molecular flexibility index (Phi) is 5.13. The van der Waals surface area contributed by atoms with Crippen LogP contribution in [0.5, 0.6) is 0 Å². The predicted molar refractivity (Wildman–Crippen MR) is 108 cm³/mol. The molecular weight excluding hydrogens is 414 g/mol. The van der Waals surface area contributed by atoms with Crippen molar-refractivity contribution in [3.05, 3.63) is 94.0 Å². The number of halogens is 3. The molecule has 1 N–H and O–H groups in total. The largest absolute Gasteiger partial charge is 0.381 e. The van der Waals surface area contributed by atoms with E-state index >= 15 is 0 Å². The number of hydrogen-bond acceptors (Lipinski definition) is 4. The Morgan fingerprint density at radius 2 is 2.00 bits per heavy atom. The van der Waals surface area contributed by atoms with Crippen molar-refractivity contribution in [3.8, 4) is 0 Å². The Labute approximate surface area is 175 Å². The lowest BCUT2D eigenvalue weighted by Crippen LogP contribution is -2.43. The summed E-state index contributed by atoms with van der Waals surface area (Å²) < 4.78 is 31.0. The van der Waals surface area contributed by atoms with Crippen LogP contribution < -0.4 is 5.56 Å². The Bertz CT molecular complexity index is 1280.